The molecule has 0 saturated heterocycles. The molecular weight excluding hydrogens is 340 g/mol. The normalized spacial score (nSPS) is 10.2. The van der Waals surface area contributed by atoms with Crippen LogP contribution in [0, 0.1) is 6.92 Å². The topological polar surface area (TPSA) is 96.3 Å². The molecule has 3 N–H and O–H groups in total. The minimum atomic E-state index is -1.03. The monoisotopic (exact) mass is 352 g/mol. The second-order valence-corrected chi connectivity index (χ2v) is 5.24. The van der Waals surface area contributed by atoms with E-state index in [0.29, 0.717) is 21.5 Å². The van der Waals surface area contributed by atoms with Crippen LogP contribution >= 0.6 is 15.9 Å². The van der Waals surface area contributed by atoms with Crippen molar-refractivity contribution in [3.8, 4) is 0 Å². The zero-order chi connectivity index (χ0) is 15.6. The molecule has 1 aromatic heterocycles. The number of nitrogens with zero attached hydrogens (tertiary/aromatic N) is 2. The number of carboxylic acid groups (broad SMARTS) is 1. The number of anilines is 2. The van der Waals surface area contributed by atoms with Crippen LogP contribution in [0.2, 0.25) is 0 Å². The van der Waals surface area contributed by atoms with Gasteiger partial charge in [-0.05, 0) is 41.1 Å². The van der Waals surface area contributed by atoms with Gasteiger partial charge in [0.1, 0.15) is 0 Å². The predicted octanol–water partition coefficient (Wildman–Crippen LogP) is 2.83. The summed E-state index contributed by atoms with van der Waals surface area (Å²) in [6.45, 7) is 1.78. The first-order valence-electron chi connectivity index (χ1n) is 5.98. The molecule has 0 aliphatic heterocycles. The zero-order valence-corrected chi connectivity index (χ0v) is 12.9. The van der Waals surface area contributed by atoms with E-state index in [4.69, 9.17) is 5.11 Å². The zero-order valence-electron chi connectivity index (χ0n) is 11.3. The molecule has 21 heavy (non-hydrogen) atoms. The molecule has 0 fully saturated rings. The Bertz CT molecular complexity index is 711. The van der Waals surface area contributed by atoms with Crippen molar-refractivity contribution in [2.45, 2.75) is 6.92 Å². The van der Waals surface area contributed by atoms with Gasteiger partial charge < -0.3 is 15.7 Å². The van der Waals surface area contributed by atoms with Crippen LogP contribution in [-0.2, 0) is 7.05 Å². The molecular formula is C13H13BrN4O3. The Labute approximate surface area is 129 Å². The smallest absolute Gasteiger partial charge is 0.335 e. The Morgan fingerprint density at radius 3 is 2.48 bits per heavy atom. The summed E-state index contributed by atoms with van der Waals surface area (Å²) in [5.41, 5.74) is 1.91. The molecule has 0 unspecified atom stereocenters. The number of aromatic nitrogens is 2. The van der Waals surface area contributed by atoms with Crippen LogP contribution in [0.25, 0.3) is 0 Å². The Hall–Kier alpha value is -2.35. The van der Waals surface area contributed by atoms with E-state index in [1.807, 2.05) is 0 Å². The number of rotatable bonds is 3. The fourth-order valence-electron chi connectivity index (χ4n) is 1.75. The van der Waals surface area contributed by atoms with Crippen LogP contribution in [-0.4, -0.2) is 26.9 Å². The van der Waals surface area contributed by atoms with Gasteiger partial charge in [-0.2, -0.15) is 5.10 Å². The number of halogens is 1. The molecule has 7 nitrogen and oxygen atoms in total. The van der Waals surface area contributed by atoms with Crippen molar-refractivity contribution in [1.82, 2.24) is 9.78 Å². The van der Waals surface area contributed by atoms with Gasteiger partial charge in [0.05, 0.1) is 22.6 Å². The summed E-state index contributed by atoms with van der Waals surface area (Å²) >= 11 is 3.23. The summed E-state index contributed by atoms with van der Waals surface area (Å²) in [4.78, 5) is 22.8. The van der Waals surface area contributed by atoms with E-state index in [-0.39, 0.29) is 5.56 Å². The molecule has 2 rings (SSSR count). The standard InChI is InChI=1S/C13H13BrN4O3/c1-7-11(6-18(2)17-7)16-13(21)15-10-4-3-8(12(19)20)5-9(10)14/h3-6H,1-2H3,(H,19,20)(H2,15,16,21). The SMILES string of the molecule is Cc1nn(C)cc1NC(=O)Nc1ccc(C(=O)O)cc1Br. The van der Waals surface area contributed by atoms with E-state index < -0.39 is 12.0 Å². The maximum Gasteiger partial charge on any atom is 0.335 e. The van der Waals surface area contributed by atoms with E-state index in [9.17, 15) is 9.59 Å². The molecule has 1 heterocycles. The van der Waals surface area contributed by atoms with Gasteiger partial charge >= 0.3 is 12.0 Å². The Morgan fingerprint density at radius 2 is 1.95 bits per heavy atom. The summed E-state index contributed by atoms with van der Waals surface area (Å²) in [6, 6.07) is 3.92. The molecule has 0 saturated carbocycles. The molecule has 0 spiro atoms. The number of amides is 2. The Balaban J connectivity index is 2.09. The highest BCUT2D eigenvalue weighted by atomic mass is 79.9. The van der Waals surface area contributed by atoms with E-state index in [1.165, 1.54) is 18.2 Å². The first-order chi connectivity index (χ1) is 9.86. The first kappa shape index (κ1) is 15.0. The van der Waals surface area contributed by atoms with Gasteiger partial charge in [-0.15, -0.1) is 0 Å². The molecule has 0 radical (unpaired) electrons. The van der Waals surface area contributed by atoms with Gasteiger partial charge in [0.2, 0.25) is 0 Å². The lowest BCUT2D eigenvalue weighted by molar-refractivity contribution is 0.0697. The van der Waals surface area contributed by atoms with Crippen molar-refractivity contribution in [2.24, 2.45) is 7.05 Å². The average Bonchev–Trinajstić information content (AvgIpc) is 2.70. The number of hydrogen-bond acceptors (Lipinski definition) is 3. The van der Waals surface area contributed by atoms with E-state index >= 15 is 0 Å². The van der Waals surface area contributed by atoms with Crippen molar-refractivity contribution in [3.63, 3.8) is 0 Å². The molecule has 0 aliphatic rings. The van der Waals surface area contributed by atoms with Crippen LogP contribution in [0.5, 0.6) is 0 Å². The number of carboxylic acids is 1. The van der Waals surface area contributed by atoms with Crippen LogP contribution in [0.15, 0.2) is 28.9 Å². The molecule has 8 heteroatoms. The number of carbonyl (C=O) groups excluding carboxylic acids is 1. The van der Waals surface area contributed by atoms with Crippen molar-refractivity contribution >= 4 is 39.3 Å². The lowest BCUT2D eigenvalue weighted by Crippen LogP contribution is -2.20. The van der Waals surface area contributed by atoms with E-state index in [2.05, 4.69) is 31.7 Å². The van der Waals surface area contributed by atoms with Gasteiger partial charge in [-0.3, -0.25) is 4.68 Å². The summed E-state index contributed by atoms with van der Waals surface area (Å²) in [5.74, 6) is -1.03. The van der Waals surface area contributed by atoms with Gasteiger partial charge in [-0.1, -0.05) is 0 Å². The molecule has 0 atom stereocenters. The molecule has 2 aromatic rings. The fraction of sp³-hybridized carbons (Fsp3) is 0.154. The summed E-state index contributed by atoms with van der Waals surface area (Å²) in [6.07, 6.45) is 1.69. The second-order valence-electron chi connectivity index (χ2n) is 4.38. The Kier molecular flexibility index (Phi) is 4.27. The number of aryl methyl sites for hydroxylation is 2. The van der Waals surface area contributed by atoms with Crippen LogP contribution < -0.4 is 10.6 Å². The van der Waals surface area contributed by atoms with Crippen LogP contribution in [0.1, 0.15) is 16.1 Å². The lowest BCUT2D eigenvalue weighted by atomic mass is 10.2. The van der Waals surface area contributed by atoms with Crippen molar-refractivity contribution in [2.75, 3.05) is 10.6 Å². The third kappa shape index (κ3) is 3.60. The van der Waals surface area contributed by atoms with Gasteiger partial charge in [-0.25, -0.2) is 9.59 Å². The first-order valence-corrected chi connectivity index (χ1v) is 6.77. The van der Waals surface area contributed by atoms with E-state index in [1.54, 1.807) is 24.9 Å². The Morgan fingerprint density at radius 1 is 1.29 bits per heavy atom. The van der Waals surface area contributed by atoms with Gasteiger partial charge in [0.15, 0.2) is 0 Å². The molecule has 0 bridgehead atoms. The maximum atomic E-state index is 11.9. The maximum absolute atomic E-state index is 11.9. The minimum Gasteiger partial charge on any atom is -0.478 e. The quantitative estimate of drug-likeness (QED) is 0.791. The largest absolute Gasteiger partial charge is 0.478 e. The number of hydrogen-bond donors (Lipinski definition) is 3. The number of aromatic carboxylic acids is 1. The summed E-state index contributed by atoms with van der Waals surface area (Å²) in [5, 5.41) is 18.3. The molecule has 1 aromatic carbocycles. The minimum absolute atomic E-state index is 0.135. The molecule has 110 valence electrons. The number of nitrogens with one attached hydrogen (secondary N) is 2. The second kappa shape index (κ2) is 5.96. The molecule has 0 aliphatic carbocycles. The van der Waals surface area contributed by atoms with E-state index in [0.717, 1.165) is 0 Å². The lowest BCUT2D eigenvalue weighted by Gasteiger charge is -2.09. The number of benzene rings is 1. The fourth-order valence-corrected chi connectivity index (χ4v) is 2.23. The highest BCUT2D eigenvalue weighted by Crippen LogP contribution is 2.24. The van der Waals surface area contributed by atoms with Crippen molar-refractivity contribution in [3.05, 3.63) is 40.1 Å². The van der Waals surface area contributed by atoms with Gasteiger partial charge in [0.25, 0.3) is 0 Å². The highest BCUT2D eigenvalue weighted by molar-refractivity contribution is 9.10. The number of urea groups is 1. The van der Waals surface area contributed by atoms with Gasteiger partial charge in [0, 0.05) is 17.7 Å². The molecule has 2 amide bonds. The summed E-state index contributed by atoms with van der Waals surface area (Å²) < 4.78 is 2.09. The van der Waals surface area contributed by atoms with Crippen LogP contribution in [0.4, 0.5) is 16.2 Å². The highest BCUT2D eigenvalue weighted by Gasteiger charge is 2.11. The summed E-state index contributed by atoms with van der Waals surface area (Å²) in [7, 11) is 1.76. The average molecular weight is 353 g/mol. The van der Waals surface area contributed by atoms with Crippen molar-refractivity contribution < 1.29 is 14.7 Å². The number of carbonyl (C=O) groups is 2. The third-order valence-corrected chi connectivity index (χ3v) is 3.38. The van der Waals surface area contributed by atoms with Crippen molar-refractivity contribution in [1.29, 1.82) is 0 Å². The van der Waals surface area contributed by atoms with Crippen LogP contribution in [0.3, 0.4) is 0 Å². The predicted molar refractivity (Wildman–Crippen MR) is 81.7 cm³/mol. The third-order valence-electron chi connectivity index (χ3n) is 2.73.